The Hall–Kier alpha value is -2.15. The summed E-state index contributed by atoms with van der Waals surface area (Å²) in [5.74, 6) is 2.09. The number of aromatic amines is 1. The number of hydrogen-bond donors (Lipinski definition) is 1. The van der Waals surface area contributed by atoms with Crippen LogP contribution in [0.25, 0.3) is 0 Å². The highest BCUT2D eigenvalue weighted by Gasteiger charge is 2.03. The van der Waals surface area contributed by atoms with E-state index in [0.717, 1.165) is 11.3 Å². The summed E-state index contributed by atoms with van der Waals surface area (Å²) >= 11 is 5.07. The zero-order valence-electron chi connectivity index (χ0n) is 10.9. The summed E-state index contributed by atoms with van der Waals surface area (Å²) < 4.78 is 12.4. The first-order valence-electron chi connectivity index (χ1n) is 5.56. The maximum Gasteiger partial charge on any atom is 0.216 e. The molecule has 0 atom stereocenters. The van der Waals surface area contributed by atoms with Gasteiger partial charge in [0.15, 0.2) is 0 Å². The van der Waals surface area contributed by atoms with E-state index < -0.39 is 0 Å². The first-order chi connectivity index (χ1) is 9.15. The topological polar surface area (TPSA) is 64.4 Å². The molecule has 0 fully saturated rings. The van der Waals surface area contributed by atoms with Gasteiger partial charge in [-0.25, -0.2) is 0 Å². The number of rotatable bonds is 4. The number of ether oxygens (including phenoxy) is 2. The number of nitrogens with zero attached hydrogens (tertiary/aromatic N) is 3. The third kappa shape index (κ3) is 2.82. The van der Waals surface area contributed by atoms with Crippen molar-refractivity contribution < 1.29 is 9.47 Å². The average molecular weight is 278 g/mol. The molecular weight excluding hydrogens is 264 g/mol. The zero-order valence-corrected chi connectivity index (χ0v) is 11.7. The lowest BCUT2D eigenvalue weighted by molar-refractivity contribution is 0.394. The second-order valence-corrected chi connectivity index (χ2v) is 4.13. The number of aromatic nitrogens is 3. The van der Waals surface area contributed by atoms with Gasteiger partial charge in [-0.15, -0.1) is 0 Å². The highest BCUT2D eigenvalue weighted by Crippen LogP contribution is 2.23. The van der Waals surface area contributed by atoms with E-state index in [1.807, 2.05) is 19.1 Å². The van der Waals surface area contributed by atoms with Crippen molar-refractivity contribution in [2.24, 2.45) is 5.10 Å². The summed E-state index contributed by atoms with van der Waals surface area (Å²) in [6.07, 6.45) is 1.66. The van der Waals surface area contributed by atoms with Gasteiger partial charge in [-0.05, 0) is 31.3 Å². The van der Waals surface area contributed by atoms with Crippen molar-refractivity contribution >= 4 is 18.4 Å². The van der Waals surface area contributed by atoms with E-state index in [-0.39, 0.29) is 0 Å². The molecule has 0 amide bonds. The summed E-state index contributed by atoms with van der Waals surface area (Å²) in [6.45, 7) is 1.81. The molecule has 1 aromatic heterocycles. The quantitative estimate of drug-likeness (QED) is 0.687. The number of methoxy groups -OCH3 is 2. The van der Waals surface area contributed by atoms with Gasteiger partial charge >= 0.3 is 0 Å². The van der Waals surface area contributed by atoms with Crippen LogP contribution in [0.5, 0.6) is 11.5 Å². The van der Waals surface area contributed by atoms with Gasteiger partial charge in [0.2, 0.25) is 4.77 Å². The first-order valence-corrected chi connectivity index (χ1v) is 5.97. The van der Waals surface area contributed by atoms with E-state index in [1.165, 1.54) is 0 Å². The summed E-state index contributed by atoms with van der Waals surface area (Å²) in [4.78, 5) is 0. The molecule has 0 aliphatic heterocycles. The molecule has 0 bridgehead atoms. The fraction of sp³-hybridized carbons (Fsp3) is 0.250. The van der Waals surface area contributed by atoms with Crippen LogP contribution in [0, 0.1) is 11.7 Å². The highest BCUT2D eigenvalue weighted by molar-refractivity contribution is 7.71. The van der Waals surface area contributed by atoms with E-state index in [4.69, 9.17) is 21.7 Å². The summed E-state index contributed by atoms with van der Waals surface area (Å²) in [5.41, 5.74) is 0.825. The third-order valence-electron chi connectivity index (χ3n) is 2.57. The molecule has 0 unspecified atom stereocenters. The number of H-pyrrole nitrogens is 1. The lowest BCUT2D eigenvalue weighted by Gasteiger charge is -2.06. The van der Waals surface area contributed by atoms with Crippen molar-refractivity contribution in [1.29, 1.82) is 0 Å². The molecule has 0 saturated carbocycles. The van der Waals surface area contributed by atoms with Crippen LogP contribution < -0.4 is 9.47 Å². The van der Waals surface area contributed by atoms with Crippen LogP contribution in [0.15, 0.2) is 23.3 Å². The molecular formula is C12H14N4O2S. The van der Waals surface area contributed by atoms with Gasteiger partial charge in [0.05, 0.1) is 20.4 Å². The van der Waals surface area contributed by atoms with E-state index >= 15 is 0 Å². The first kappa shape index (κ1) is 13.3. The summed E-state index contributed by atoms with van der Waals surface area (Å²) in [5, 5.41) is 10.9. The monoisotopic (exact) mass is 278 g/mol. The number of aryl methyl sites for hydroxylation is 1. The number of hydrogen-bond acceptors (Lipinski definition) is 5. The molecule has 6 nitrogen and oxygen atoms in total. The summed E-state index contributed by atoms with van der Waals surface area (Å²) in [7, 11) is 3.21. The predicted molar refractivity (Wildman–Crippen MR) is 74.7 cm³/mol. The Bertz CT molecular complexity index is 660. The molecule has 7 heteroatoms. The molecule has 0 saturated heterocycles. The minimum atomic E-state index is 0.446. The normalized spacial score (nSPS) is 10.9. The molecule has 2 rings (SSSR count). The van der Waals surface area contributed by atoms with Gasteiger partial charge < -0.3 is 9.47 Å². The van der Waals surface area contributed by atoms with Crippen LogP contribution in [-0.4, -0.2) is 35.3 Å². The van der Waals surface area contributed by atoms with Gasteiger partial charge in [-0.2, -0.15) is 14.9 Å². The SMILES string of the molecule is COc1ccc(/C=N/n2c(C)n[nH]c2=S)c(OC)c1. The minimum absolute atomic E-state index is 0.446. The Kier molecular flexibility index (Phi) is 3.96. The molecule has 0 aliphatic rings. The van der Waals surface area contributed by atoms with Gasteiger partial charge in [-0.3, -0.25) is 5.10 Å². The maximum atomic E-state index is 5.29. The molecule has 0 aliphatic carbocycles. The van der Waals surface area contributed by atoms with Crippen molar-refractivity contribution in [3.05, 3.63) is 34.4 Å². The van der Waals surface area contributed by atoms with E-state index in [0.29, 0.717) is 16.3 Å². The van der Waals surface area contributed by atoms with Gasteiger partial charge in [0, 0.05) is 11.6 Å². The second kappa shape index (κ2) is 5.66. The van der Waals surface area contributed by atoms with Crippen LogP contribution in [0.3, 0.4) is 0 Å². The molecule has 1 heterocycles. The van der Waals surface area contributed by atoms with Crippen LogP contribution in [0.1, 0.15) is 11.4 Å². The summed E-state index contributed by atoms with van der Waals surface area (Å²) in [6, 6.07) is 5.49. The molecule has 100 valence electrons. The molecule has 19 heavy (non-hydrogen) atoms. The van der Waals surface area contributed by atoms with Crippen molar-refractivity contribution in [3.8, 4) is 11.5 Å². The molecule has 0 radical (unpaired) electrons. The smallest absolute Gasteiger partial charge is 0.216 e. The lowest BCUT2D eigenvalue weighted by atomic mass is 10.2. The lowest BCUT2D eigenvalue weighted by Crippen LogP contribution is -1.96. The van der Waals surface area contributed by atoms with Crippen molar-refractivity contribution in [1.82, 2.24) is 14.9 Å². The molecule has 1 aromatic carbocycles. The average Bonchev–Trinajstić information content (AvgIpc) is 2.75. The standard InChI is InChI=1S/C12H14N4O2S/c1-8-14-15-12(19)16(8)13-7-9-4-5-10(17-2)6-11(9)18-3/h4-7H,1-3H3,(H,15,19)/b13-7+. The minimum Gasteiger partial charge on any atom is -0.497 e. The Morgan fingerprint density at radius 1 is 1.37 bits per heavy atom. The number of nitrogens with one attached hydrogen (secondary N) is 1. The van der Waals surface area contributed by atoms with E-state index in [9.17, 15) is 0 Å². The predicted octanol–water partition coefficient (Wildman–Crippen LogP) is 2.15. The highest BCUT2D eigenvalue weighted by atomic mass is 32.1. The van der Waals surface area contributed by atoms with Crippen LogP contribution in [-0.2, 0) is 0 Å². The molecule has 0 spiro atoms. The Morgan fingerprint density at radius 3 is 2.74 bits per heavy atom. The van der Waals surface area contributed by atoms with Crippen molar-refractivity contribution in [2.75, 3.05) is 14.2 Å². The largest absolute Gasteiger partial charge is 0.497 e. The Labute approximate surface area is 115 Å². The van der Waals surface area contributed by atoms with E-state index in [1.54, 1.807) is 31.2 Å². The van der Waals surface area contributed by atoms with Crippen molar-refractivity contribution in [3.63, 3.8) is 0 Å². The van der Waals surface area contributed by atoms with Crippen LogP contribution >= 0.6 is 12.2 Å². The maximum absolute atomic E-state index is 5.29. The second-order valence-electron chi connectivity index (χ2n) is 3.74. The Morgan fingerprint density at radius 2 is 2.16 bits per heavy atom. The zero-order chi connectivity index (χ0) is 13.8. The van der Waals surface area contributed by atoms with Gasteiger partial charge in [0.25, 0.3) is 0 Å². The van der Waals surface area contributed by atoms with Gasteiger partial charge in [0.1, 0.15) is 17.3 Å². The number of benzene rings is 1. The Balaban J connectivity index is 2.36. The fourth-order valence-electron chi connectivity index (χ4n) is 1.55. The molecule has 2 aromatic rings. The van der Waals surface area contributed by atoms with Crippen LogP contribution in [0.4, 0.5) is 0 Å². The van der Waals surface area contributed by atoms with Gasteiger partial charge in [-0.1, -0.05) is 0 Å². The molecule has 1 N–H and O–H groups in total. The van der Waals surface area contributed by atoms with Crippen LogP contribution in [0.2, 0.25) is 0 Å². The third-order valence-corrected chi connectivity index (χ3v) is 2.83. The van der Waals surface area contributed by atoms with E-state index in [2.05, 4.69) is 15.3 Å². The van der Waals surface area contributed by atoms with Crippen molar-refractivity contribution in [2.45, 2.75) is 6.92 Å². The fourth-order valence-corrected chi connectivity index (χ4v) is 1.78.